The molecule has 24 heavy (non-hydrogen) atoms. The Bertz CT molecular complexity index is 551. The van der Waals surface area contributed by atoms with E-state index in [1.807, 2.05) is 6.92 Å². The van der Waals surface area contributed by atoms with Gasteiger partial charge < -0.3 is 24.4 Å². The fourth-order valence-corrected chi connectivity index (χ4v) is 2.53. The van der Waals surface area contributed by atoms with Gasteiger partial charge in [0.2, 0.25) is 0 Å². The van der Waals surface area contributed by atoms with Gasteiger partial charge in [-0.15, -0.1) is 0 Å². The highest BCUT2D eigenvalue weighted by molar-refractivity contribution is 5.89. The summed E-state index contributed by atoms with van der Waals surface area (Å²) in [5.41, 5.74) is 0.349. The lowest BCUT2D eigenvalue weighted by molar-refractivity contribution is -0.0511. The molecule has 0 saturated carbocycles. The first-order valence-corrected chi connectivity index (χ1v) is 7.83. The summed E-state index contributed by atoms with van der Waals surface area (Å²) in [5.74, 6) is 0.0347. The van der Waals surface area contributed by atoms with Crippen LogP contribution in [0.25, 0.3) is 0 Å². The van der Waals surface area contributed by atoms with Crippen LogP contribution in [-0.4, -0.2) is 50.5 Å². The number of alkyl halides is 2. The van der Waals surface area contributed by atoms with Crippen molar-refractivity contribution in [3.63, 3.8) is 0 Å². The van der Waals surface area contributed by atoms with Crippen LogP contribution in [0.2, 0.25) is 0 Å². The fraction of sp³-hybridized carbons (Fsp3) is 0.562. The van der Waals surface area contributed by atoms with Gasteiger partial charge in [-0.1, -0.05) is 0 Å². The van der Waals surface area contributed by atoms with Crippen LogP contribution in [0.15, 0.2) is 18.2 Å². The maximum Gasteiger partial charge on any atom is 0.387 e. The molecule has 0 aromatic heterocycles. The summed E-state index contributed by atoms with van der Waals surface area (Å²) in [5, 5.41) is 2.68. The topological polar surface area (TPSA) is 60.0 Å². The normalized spacial score (nSPS) is 17.0. The summed E-state index contributed by atoms with van der Waals surface area (Å²) in [4.78, 5) is 14.0. The van der Waals surface area contributed by atoms with E-state index in [0.717, 1.165) is 19.4 Å². The van der Waals surface area contributed by atoms with Gasteiger partial charge in [0, 0.05) is 31.5 Å². The number of hydrogen-bond donors (Lipinski definition) is 1. The number of rotatable bonds is 7. The van der Waals surface area contributed by atoms with E-state index < -0.39 is 6.61 Å². The van der Waals surface area contributed by atoms with Crippen molar-refractivity contribution in [1.82, 2.24) is 4.90 Å². The van der Waals surface area contributed by atoms with Crippen molar-refractivity contribution in [3.8, 4) is 11.5 Å². The first-order valence-electron chi connectivity index (χ1n) is 7.83. The smallest absolute Gasteiger partial charge is 0.387 e. The molecule has 0 unspecified atom stereocenters. The second kappa shape index (κ2) is 8.68. The minimum absolute atomic E-state index is 0.0456. The number of carbonyl (C=O) groups excluding carboxylic acids is 1. The van der Waals surface area contributed by atoms with Crippen LogP contribution >= 0.6 is 0 Å². The first kappa shape index (κ1) is 18.3. The highest BCUT2D eigenvalue weighted by Gasteiger charge is 2.22. The summed E-state index contributed by atoms with van der Waals surface area (Å²) >= 11 is 0. The SMILES string of the molecule is CCN(C[C@@H]1CCCO1)C(=O)Nc1ccc(OC)c(OC(F)F)c1. The molecule has 1 aromatic carbocycles. The maximum absolute atomic E-state index is 12.5. The Morgan fingerprint density at radius 1 is 1.46 bits per heavy atom. The Morgan fingerprint density at radius 3 is 2.83 bits per heavy atom. The van der Waals surface area contributed by atoms with Crippen molar-refractivity contribution in [2.45, 2.75) is 32.5 Å². The van der Waals surface area contributed by atoms with Crippen LogP contribution in [0.1, 0.15) is 19.8 Å². The van der Waals surface area contributed by atoms with Crippen molar-refractivity contribution in [3.05, 3.63) is 18.2 Å². The lowest BCUT2D eigenvalue weighted by Gasteiger charge is -2.24. The molecule has 1 aliphatic rings. The van der Waals surface area contributed by atoms with E-state index in [1.165, 1.54) is 19.2 Å². The zero-order valence-corrected chi connectivity index (χ0v) is 13.8. The van der Waals surface area contributed by atoms with E-state index in [2.05, 4.69) is 10.1 Å². The van der Waals surface area contributed by atoms with Crippen LogP contribution in [0.4, 0.5) is 19.3 Å². The van der Waals surface area contributed by atoms with Gasteiger partial charge in [-0.2, -0.15) is 8.78 Å². The molecule has 1 N–H and O–H groups in total. The number of benzene rings is 1. The van der Waals surface area contributed by atoms with Gasteiger partial charge in [-0.05, 0) is 31.9 Å². The molecule has 1 heterocycles. The van der Waals surface area contributed by atoms with Gasteiger partial charge in [0.15, 0.2) is 11.5 Å². The number of urea groups is 1. The van der Waals surface area contributed by atoms with Gasteiger partial charge in [-0.25, -0.2) is 4.79 Å². The van der Waals surface area contributed by atoms with Gasteiger partial charge in [0.25, 0.3) is 0 Å². The molecule has 134 valence electrons. The highest BCUT2D eigenvalue weighted by Crippen LogP contribution is 2.31. The monoisotopic (exact) mass is 344 g/mol. The fourth-order valence-electron chi connectivity index (χ4n) is 2.53. The van der Waals surface area contributed by atoms with Crippen molar-refractivity contribution in [2.24, 2.45) is 0 Å². The number of hydrogen-bond acceptors (Lipinski definition) is 4. The van der Waals surface area contributed by atoms with Gasteiger partial charge in [0.1, 0.15) is 0 Å². The molecule has 0 radical (unpaired) electrons. The van der Waals surface area contributed by atoms with Gasteiger partial charge >= 0.3 is 12.6 Å². The Kier molecular flexibility index (Phi) is 6.60. The van der Waals surface area contributed by atoms with Crippen LogP contribution in [0, 0.1) is 0 Å². The molecular formula is C16H22F2N2O4. The average Bonchev–Trinajstić information content (AvgIpc) is 3.05. The Hall–Kier alpha value is -2.09. The number of ether oxygens (including phenoxy) is 3. The molecular weight excluding hydrogens is 322 g/mol. The predicted octanol–water partition coefficient (Wildman–Crippen LogP) is 3.33. The number of halogens is 2. The summed E-state index contributed by atoms with van der Waals surface area (Å²) in [6.07, 6.45) is 1.97. The van der Waals surface area contributed by atoms with Crippen molar-refractivity contribution in [1.29, 1.82) is 0 Å². The molecule has 1 aliphatic heterocycles. The molecule has 8 heteroatoms. The van der Waals surface area contributed by atoms with Crippen LogP contribution in [0.5, 0.6) is 11.5 Å². The molecule has 0 spiro atoms. The minimum Gasteiger partial charge on any atom is -0.493 e. The average molecular weight is 344 g/mol. The zero-order valence-electron chi connectivity index (χ0n) is 13.8. The number of nitrogens with one attached hydrogen (secondary N) is 1. The van der Waals surface area contributed by atoms with E-state index in [1.54, 1.807) is 11.0 Å². The lowest BCUT2D eigenvalue weighted by Crippen LogP contribution is -2.39. The standard InChI is InChI=1S/C16H22F2N2O4/c1-3-20(10-12-5-4-8-23-12)16(21)19-11-6-7-13(22-2)14(9-11)24-15(17)18/h6-7,9,12,15H,3-5,8,10H2,1-2H3,(H,19,21)/t12-/m0/s1. The minimum atomic E-state index is -2.98. The third-order valence-electron chi connectivity index (χ3n) is 3.75. The van der Waals surface area contributed by atoms with E-state index in [-0.39, 0.29) is 23.6 Å². The molecule has 1 atom stereocenters. The Labute approximate surface area is 139 Å². The second-order valence-electron chi connectivity index (χ2n) is 5.35. The molecule has 6 nitrogen and oxygen atoms in total. The zero-order chi connectivity index (χ0) is 17.5. The van der Waals surface area contributed by atoms with Gasteiger partial charge in [0.05, 0.1) is 13.2 Å². The van der Waals surface area contributed by atoms with E-state index >= 15 is 0 Å². The Balaban J connectivity index is 2.03. The summed E-state index contributed by atoms with van der Waals surface area (Å²) in [7, 11) is 1.35. The van der Waals surface area contributed by atoms with Crippen molar-refractivity contribution >= 4 is 11.7 Å². The predicted molar refractivity (Wildman–Crippen MR) is 84.9 cm³/mol. The van der Waals surface area contributed by atoms with E-state index in [9.17, 15) is 13.6 Å². The third-order valence-corrected chi connectivity index (χ3v) is 3.75. The van der Waals surface area contributed by atoms with E-state index in [0.29, 0.717) is 18.8 Å². The van der Waals surface area contributed by atoms with Crippen LogP contribution in [0.3, 0.4) is 0 Å². The summed E-state index contributed by atoms with van der Waals surface area (Å²) in [6.45, 7) is 0.627. The first-order chi connectivity index (χ1) is 11.5. The van der Waals surface area contributed by atoms with Crippen LogP contribution in [-0.2, 0) is 4.74 Å². The molecule has 0 bridgehead atoms. The molecule has 1 fully saturated rings. The lowest BCUT2D eigenvalue weighted by atomic mass is 10.2. The molecule has 2 amide bonds. The van der Waals surface area contributed by atoms with E-state index in [4.69, 9.17) is 9.47 Å². The van der Waals surface area contributed by atoms with Crippen molar-refractivity contribution < 1.29 is 27.8 Å². The number of amides is 2. The number of likely N-dealkylation sites (N-methyl/N-ethyl adjacent to an activating group) is 1. The number of nitrogens with zero attached hydrogens (tertiary/aromatic N) is 1. The Morgan fingerprint density at radius 2 is 2.25 bits per heavy atom. The quantitative estimate of drug-likeness (QED) is 0.824. The van der Waals surface area contributed by atoms with Crippen LogP contribution < -0.4 is 14.8 Å². The number of carbonyl (C=O) groups is 1. The summed E-state index contributed by atoms with van der Waals surface area (Å²) < 4.78 is 39.8. The highest BCUT2D eigenvalue weighted by atomic mass is 19.3. The molecule has 2 rings (SSSR count). The van der Waals surface area contributed by atoms with Gasteiger partial charge in [-0.3, -0.25) is 0 Å². The third kappa shape index (κ3) is 4.95. The second-order valence-corrected chi connectivity index (χ2v) is 5.35. The molecule has 0 aliphatic carbocycles. The van der Waals surface area contributed by atoms with Crippen molar-refractivity contribution in [2.75, 3.05) is 32.1 Å². The molecule has 1 saturated heterocycles. The number of anilines is 1. The maximum atomic E-state index is 12.5. The number of methoxy groups -OCH3 is 1. The molecule has 1 aromatic rings. The largest absolute Gasteiger partial charge is 0.493 e. The summed E-state index contributed by atoms with van der Waals surface area (Å²) in [6, 6.07) is 4.02.